The molecule has 2 atom stereocenters. The molecule has 1 rings (SSSR count). The van der Waals surface area contributed by atoms with Crippen LogP contribution in [-0.4, -0.2) is 12.1 Å². The Labute approximate surface area is 105 Å². The zero-order valence-electron chi connectivity index (χ0n) is 10.4. The molecule has 98 valence electrons. The average Bonchev–Trinajstić information content (AvgIpc) is 2.27. The van der Waals surface area contributed by atoms with Gasteiger partial charge in [-0.1, -0.05) is 6.92 Å². The molecule has 1 aromatic rings. The Hall–Kier alpha value is -1.67. The molecular formula is C13H16F2N2O. The van der Waals surface area contributed by atoms with Crippen molar-refractivity contribution in [1.29, 1.82) is 5.26 Å². The number of halogens is 2. The zero-order valence-corrected chi connectivity index (χ0v) is 10.4. The van der Waals surface area contributed by atoms with E-state index in [0.29, 0.717) is 18.4 Å². The van der Waals surface area contributed by atoms with Gasteiger partial charge in [0.25, 0.3) is 0 Å². The summed E-state index contributed by atoms with van der Waals surface area (Å²) in [4.78, 5) is 0. The average molecular weight is 254 g/mol. The number of ether oxygens (including phenoxy) is 1. The molecule has 0 spiro atoms. The number of benzene rings is 1. The molecule has 2 N–H and O–H groups in total. The Morgan fingerprint density at radius 1 is 1.39 bits per heavy atom. The van der Waals surface area contributed by atoms with Crippen LogP contribution in [0.1, 0.15) is 25.8 Å². The highest BCUT2D eigenvalue weighted by Crippen LogP contribution is 2.25. The van der Waals surface area contributed by atoms with Gasteiger partial charge in [0.1, 0.15) is 6.07 Å². The van der Waals surface area contributed by atoms with Gasteiger partial charge in [-0.3, -0.25) is 0 Å². The van der Waals surface area contributed by atoms with E-state index >= 15 is 0 Å². The van der Waals surface area contributed by atoms with Crippen molar-refractivity contribution in [1.82, 2.24) is 0 Å². The molecule has 18 heavy (non-hydrogen) atoms. The van der Waals surface area contributed by atoms with Crippen LogP contribution in [0.5, 0.6) is 5.75 Å². The molecule has 0 saturated carbocycles. The lowest BCUT2D eigenvalue weighted by Gasteiger charge is -2.13. The number of hydrogen-bond donors (Lipinski definition) is 1. The van der Waals surface area contributed by atoms with Crippen LogP contribution in [-0.2, 0) is 6.42 Å². The summed E-state index contributed by atoms with van der Waals surface area (Å²) in [6.07, 6.45) is -0.117. The van der Waals surface area contributed by atoms with Gasteiger partial charge in [-0.05, 0) is 37.5 Å². The van der Waals surface area contributed by atoms with E-state index in [9.17, 15) is 8.78 Å². The van der Waals surface area contributed by atoms with E-state index < -0.39 is 23.5 Å². The quantitative estimate of drug-likeness (QED) is 0.878. The normalized spacial score (nSPS) is 13.8. The first-order valence-electron chi connectivity index (χ1n) is 5.77. The molecule has 2 unspecified atom stereocenters. The Morgan fingerprint density at radius 3 is 2.33 bits per heavy atom. The topological polar surface area (TPSA) is 59.0 Å². The number of nitriles is 1. The summed E-state index contributed by atoms with van der Waals surface area (Å²) < 4.78 is 32.4. The molecule has 0 fully saturated rings. The van der Waals surface area contributed by atoms with Crippen molar-refractivity contribution in [2.45, 2.75) is 38.8 Å². The Bertz CT molecular complexity index is 432. The fraction of sp³-hybridized carbons (Fsp3) is 0.462. The SMILES string of the molecule is CCC(C#N)Oc1c(F)cc(CC(C)N)cc1F. The van der Waals surface area contributed by atoms with Crippen molar-refractivity contribution in [3.05, 3.63) is 29.3 Å². The van der Waals surface area contributed by atoms with E-state index in [1.165, 1.54) is 12.1 Å². The first kappa shape index (κ1) is 14.4. The van der Waals surface area contributed by atoms with Gasteiger partial charge in [-0.15, -0.1) is 0 Å². The minimum absolute atomic E-state index is 0.182. The lowest BCUT2D eigenvalue weighted by molar-refractivity contribution is 0.228. The maximum Gasteiger partial charge on any atom is 0.192 e. The highest BCUT2D eigenvalue weighted by Gasteiger charge is 2.17. The van der Waals surface area contributed by atoms with Gasteiger partial charge in [0.15, 0.2) is 23.5 Å². The van der Waals surface area contributed by atoms with Crippen LogP contribution >= 0.6 is 0 Å². The number of nitrogens with zero attached hydrogens (tertiary/aromatic N) is 1. The van der Waals surface area contributed by atoms with Crippen molar-refractivity contribution < 1.29 is 13.5 Å². The first-order chi connectivity index (χ1) is 8.47. The third-order valence-corrected chi connectivity index (χ3v) is 2.39. The van der Waals surface area contributed by atoms with Gasteiger partial charge >= 0.3 is 0 Å². The van der Waals surface area contributed by atoms with E-state index in [-0.39, 0.29) is 6.04 Å². The molecular weight excluding hydrogens is 238 g/mol. The predicted octanol–water partition coefficient (Wildman–Crippen LogP) is 2.54. The molecule has 0 bridgehead atoms. The number of rotatable bonds is 5. The fourth-order valence-electron chi connectivity index (χ4n) is 1.56. The smallest absolute Gasteiger partial charge is 0.192 e. The van der Waals surface area contributed by atoms with Crippen LogP contribution in [0.4, 0.5) is 8.78 Å². The monoisotopic (exact) mass is 254 g/mol. The van der Waals surface area contributed by atoms with Crippen LogP contribution in [0, 0.1) is 23.0 Å². The van der Waals surface area contributed by atoms with Crippen LogP contribution in [0.15, 0.2) is 12.1 Å². The standard InChI is InChI=1S/C13H16F2N2O/c1-3-10(7-16)18-13-11(14)5-9(4-8(2)17)6-12(13)15/h5-6,8,10H,3-4,17H2,1-2H3. The van der Waals surface area contributed by atoms with Gasteiger partial charge < -0.3 is 10.5 Å². The molecule has 5 heteroatoms. The van der Waals surface area contributed by atoms with Gasteiger partial charge in [0.05, 0.1) is 0 Å². The van der Waals surface area contributed by atoms with Gasteiger partial charge in [0, 0.05) is 6.04 Å². The van der Waals surface area contributed by atoms with Crippen LogP contribution in [0.3, 0.4) is 0 Å². The third-order valence-electron chi connectivity index (χ3n) is 2.39. The van der Waals surface area contributed by atoms with Crippen LogP contribution < -0.4 is 10.5 Å². The minimum Gasteiger partial charge on any atom is -0.469 e. The summed E-state index contributed by atoms with van der Waals surface area (Å²) >= 11 is 0. The molecule has 0 saturated heterocycles. The predicted molar refractivity (Wildman–Crippen MR) is 64.0 cm³/mol. The summed E-state index contributed by atoms with van der Waals surface area (Å²) in [5.41, 5.74) is 6.04. The van der Waals surface area contributed by atoms with E-state index in [1.807, 2.05) is 6.07 Å². The van der Waals surface area contributed by atoms with Crippen molar-refractivity contribution in [3.63, 3.8) is 0 Å². The molecule has 0 aliphatic heterocycles. The molecule has 3 nitrogen and oxygen atoms in total. The van der Waals surface area contributed by atoms with Gasteiger partial charge in [-0.2, -0.15) is 5.26 Å². The summed E-state index contributed by atoms with van der Waals surface area (Å²) in [7, 11) is 0. The Kier molecular flexibility index (Phi) is 5.05. The van der Waals surface area contributed by atoms with Crippen molar-refractivity contribution >= 4 is 0 Å². The van der Waals surface area contributed by atoms with Crippen molar-refractivity contribution in [2.75, 3.05) is 0 Å². The van der Waals surface area contributed by atoms with E-state index in [0.717, 1.165) is 0 Å². The molecule has 0 heterocycles. The van der Waals surface area contributed by atoms with E-state index in [1.54, 1.807) is 13.8 Å². The highest BCUT2D eigenvalue weighted by molar-refractivity contribution is 5.32. The van der Waals surface area contributed by atoms with E-state index in [4.69, 9.17) is 15.7 Å². The maximum atomic E-state index is 13.7. The summed E-state index contributed by atoms with van der Waals surface area (Å²) in [5.74, 6) is -2.12. The van der Waals surface area contributed by atoms with Crippen LogP contribution in [0.2, 0.25) is 0 Å². The molecule has 0 amide bonds. The number of hydrogen-bond acceptors (Lipinski definition) is 3. The fourth-order valence-corrected chi connectivity index (χ4v) is 1.56. The largest absolute Gasteiger partial charge is 0.469 e. The Balaban J connectivity index is 2.98. The first-order valence-corrected chi connectivity index (χ1v) is 5.77. The lowest BCUT2D eigenvalue weighted by Crippen LogP contribution is -2.18. The summed E-state index contributed by atoms with van der Waals surface area (Å²) in [6.45, 7) is 3.46. The second-order valence-corrected chi connectivity index (χ2v) is 4.21. The van der Waals surface area contributed by atoms with E-state index in [2.05, 4.69) is 0 Å². The second-order valence-electron chi connectivity index (χ2n) is 4.21. The second kappa shape index (κ2) is 6.31. The molecule has 0 aliphatic carbocycles. The molecule has 0 radical (unpaired) electrons. The minimum atomic E-state index is -0.853. The van der Waals surface area contributed by atoms with Crippen molar-refractivity contribution in [2.24, 2.45) is 5.73 Å². The summed E-state index contributed by atoms with van der Waals surface area (Å²) in [6, 6.07) is 4.02. The molecule has 1 aromatic carbocycles. The maximum absolute atomic E-state index is 13.7. The van der Waals surface area contributed by atoms with Gasteiger partial charge in [0.2, 0.25) is 0 Å². The molecule has 0 aliphatic rings. The van der Waals surface area contributed by atoms with Gasteiger partial charge in [-0.25, -0.2) is 8.78 Å². The lowest BCUT2D eigenvalue weighted by atomic mass is 10.1. The highest BCUT2D eigenvalue weighted by atomic mass is 19.1. The number of nitrogens with two attached hydrogens (primary N) is 1. The summed E-state index contributed by atoms with van der Waals surface area (Å²) in [5, 5.41) is 8.71. The van der Waals surface area contributed by atoms with Crippen molar-refractivity contribution in [3.8, 4) is 11.8 Å². The Morgan fingerprint density at radius 2 is 1.94 bits per heavy atom. The molecule has 0 aromatic heterocycles. The van der Waals surface area contributed by atoms with Crippen LogP contribution in [0.25, 0.3) is 0 Å². The third kappa shape index (κ3) is 3.67. The zero-order chi connectivity index (χ0) is 13.7.